The largest absolute Gasteiger partial charge is 0.311 e. The van der Waals surface area contributed by atoms with Crippen molar-refractivity contribution in [1.82, 2.24) is 0 Å². The maximum atomic E-state index is 12.7. The highest BCUT2D eigenvalue weighted by atomic mass is 32.1. The molecule has 1 aliphatic heterocycles. The van der Waals surface area contributed by atoms with E-state index < -0.39 is 5.66 Å². The third-order valence-electron chi connectivity index (χ3n) is 3.48. The standard InChI is InChI=1S/C15H15N3OS/c1-10-5-6-12-11(8-10)9-17-15(16,14(19)18(12)2)13-4-3-7-20-13/h3-9H,16H2,1-2H3. The van der Waals surface area contributed by atoms with Gasteiger partial charge in [-0.05, 0) is 30.5 Å². The molecule has 1 aromatic heterocycles. The van der Waals surface area contributed by atoms with E-state index in [1.165, 1.54) is 11.3 Å². The van der Waals surface area contributed by atoms with E-state index in [0.29, 0.717) is 0 Å². The summed E-state index contributed by atoms with van der Waals surface area (Å²) >= 11 is 1.44. The fraction of sp³-hybridized carbons (Fsp3) is 0.200. The van der Waals surface area contributed by atoms with E-state index in [9.17, 15) is 4.79 Å². The van der Waals surface area contributed by atoms with Crippen LogP contribution in [0.3, 0.4) is 0 Å². The minimum Gasteiger partial charge on any atom is -0.311 e. The minimum atomic E-state index is -1.34. The van der Waals surface area contributed by atoms with Crippen LogP contribution in [0.2, 0.25) is 0 Å². The van der Waals surface area contributed by atoms with Gasteiger partial charge in [0.1, 0.15) is 0 Å². The van der Waals surface area contributed by atoms with Crippen molar-refractivity contribution < 1.29 is 4.79 Å². The summed E-state index contributed by atoms with van der Waals surface area (Å²) in [7, 11) is 1.74. The maximum absolute atomic E-state index is 12.7. The number of nitrogens with two attached hydrogens (primary N) is 1. The van der Waals surface area contributed by atoms with Crippen LogP contribution in [0.25, 0.3) is 0 Å². The fourth-order valence-corrected chi connectivity index (χ4v) is 3.12. The fourth-order valence-electron chi connectivity index (χ4n) is 2.34. The number of likely N-dealkylation sites (N-methyl/N-ethyl adjacent to an activating group) is 1. The first kappa shape index (κ1) is 13.0. The van der Waals surface area contributed by atoms with Crippen molar-refractivity contribution in [2.75, 3.05) is 11.9 Å². The molecular formula is C15H15N3OS. The van der Waals surface area contributed by atoms with Crippen molar-refractivity contribution in [1.29, 1.82) is 0 Å². The van der Waals surface area contributed by atoms with Crippen LogP contribution in [0.5, 0.6) is 0 Å². The number of carbonyl (C=O) groups is 1. The van der Waals surface area contributed by atoms with Crippen molar-refractivity contribution in [2.24, 2.45) is 10.7 Å². The van der Waals surface area contributed by atoms with Crippen LogP contribution >= 0.6 is 11.3 Å². The molecule has 4 nitrogen and oxygen atoms in total. The van der Waals surface area contributed by atoms with Crippen molar-refractivity contribution >= 4 is 29.1 Å². The highest BCUT2D eigenvalue weighted by Gasteiger charge is 2.40. The Kier molecular flexibility index (Phi) is 2.96. The van der Waals surface area contributed by atoms with Crippen LogP contribution in [-0.2, 0) is 10.5 Å². The van der Waals surface area contributed by atoms with Crippen LogP contribution in [0.1, 0.15) is 16.0 Å². The number of benzene rings is 1. The number of hydrogen-bond acceptors (Lipinski definition) is 4. The molecule has 0 spiro atoms. The summed E-state index contributed by atoms with van der Waals surface area (Å²) in [6.45, 7) is 2.01. The number of hydrogen-bond donors (Lipinski definition) is 1. The SMILES string of the molecule is Cc1ccc2c(c1)C=NC(N)(c1cccs1)C(=O)N2C. The first-order valence-electron chi connectivity index (χ1n) is 6.29. The van der Waals surface area contributed by atoms with Crippen LogP contribution in [-0.4, -0.2) is 19.2 Å². The summed E-state index contributed by atoms with van der Waals surface area (Å²) in [5, 5.41) is 1.90. The molecule has 1 aliphatic rings. The molecular weight excluding hydrogens is 270 g/mol. The predicted molar refractivity (Wildman–Crippen MR) is 82.4 cm³/mol. The van der Waals surface area contributed by atoms with Gasteiger partial charge in [0.05, 0.1) is 10.6 Å². The van der Waals surface area contributed by atoms with Crippen LogP contribution < -0.4 is 10.6 Å². The summed E-state index contributed by atoms with van der Waals surface area (Å²) in [6.07, 6.45) is 1.70. The van der Waals surface area contributed by atoms with E-state index in [-0.39, 0.29) is 5.91 Å². The molecule has 0 radical (unpaired) electrons. The molecule has 0 bridgehead atoms. The second-order valence-electron chi connectivity index (χ2n) is 4.93. The molecule has 0 saturated carbocycles. The van der Waals surface area contributed by atoms with Gasteiger partial charge in [0.2, 0.25) is 5.66 Å². The monoisotopic (exact) mass is 285 g/mol. The molecule has 2 heterocycles. The molecule has 1 atom stereocenters. The molecule has 0 aliphatic carbocycles. The second-order valence-corrected chi connectivity index (χ2v) is 5.88. The van der Waals surface area contributed by atoms with Gasteiger partial charge in [0.25, 0.3) is 5.91 Å². The van der Waals surface area contributed by atoms with Gasteiger partial charge in [0, 0.05) is 18.8 Å². The number of thiophene rings is 1. The number of aryl methyl sites for hydroxylation is 1. The lowest BCUT2D eigenvalue weighted by Crippen LogP contribution is -2.49. The molecule has 1 unspecified atom stereocenters. The molecule has 0 saturated heterocycles. The third kappa shape index (κ3) is 1.87. The van der Waals surface area contributed by atoms with Gasteiger partial charge < -0.3 is 4.90 Å². The zero-order chi connectivity index (χ0) is 14.3. The predicted octanol–water partition coefficient (Wildman–Crippen LogP) is 2.26. The van der Waals surface area contributed by atoms with Gasteiger partial charge in [-0.2, -0.15) is 0 Å². The van der Waals surface area contributed by atoms with Crippen molar-refractivity contribution in [2.45, 2.75) is 12.6 Å². The van der Waals surface area contributed by atoms with Gasteiger partial charge in [-0.3, -0.25) is 15.5 Å². The Morgan fingerprint density at radius 3 is 2.85 bits per heavy atom. The lowest BCUT2D eigenvalue weighted by Gasteiger charge is -2.26. The van der Waals surface area contributed by atoms with Crippen LogP contribution in [0, 0.1) is 6.92 Å². The maximum Gasteiger partial charge on any atom is 0.274 e. The van der Waals surface area contributed by atoms with Gasteiger partial charge in [-0.25, -0.2) is 0 Å². The smallest absolute Gasteiger partial charge is 0.274 e. The molecule has 1 amide bonds. The lowest BCUT2D eigenvalue weighted by atomic mass is 10.1. The Labute approximate surface area is 121 Å². The van der Waals surface area contributed by atoms with Crippen LogP contribution in [0.15, 0.2) is 40.7 Å². The molecule has 0 fully saturated rings. The van der Waals surface area contributed by atoms with E-state index in [0.717, 1.165) is 21.7 Å². The Morgan fingerprint density at radius 1 is 1.35 bits per heavy atom. The second kappa shape index (κ2) is 4.54. The molecule has 3 rings (SSSR count). The van der Waals surface area contributed by atoms with E-state index in [1.807, 2.05) is 42.6 Å². The summed E-state index contributed by atoms with van der Waals surface area (Å²) in [5.74, 6) is -0.223. The zero-order valence-electron chi connectivity index (χ0n) is 11.3. The molecule has 20 heavy (non-hydrogen) atoms. The average molecular weight is 285 g/mol. The lowest BCUT2D eigenvalue weighted by molar-refractivity contribution is -0.123. The number of nitrogens with zero attached hydrogens (tertiary/aromatic N) is 2. The van der Waals surface area contributed by atoms with Gasteiger partial charge in [-0.1, -0.05) is 17.7 Å². The van der Waals surface area contributed by atoms with E-state index in [1.54, 1.807) is 18.2 Å². The quantitative estimate of drug-likeness (QED) is 0.873. The normalized spacial score (nSPS) is 21.8. The number of benzodiazepines with no additional fused rings is 1. The topological polar surface area (TPSA) is 58.7 Å². The van der Waals surface area contributed by atoms with Crippen LogP contribution in [0.4, 0.5) is 5.69 Å². The number of carbonyl (C=O) groups excluding carboxylic acids is 1. The third-order valence-corrected chi connectivity index (χ3v) is 4.47. The summed E-state index contributed by atoms with van der Waals surface area (Å²) < 4.78 is 0. The number of anilines is 1. The zero-order valence-corrected chi connectivity index (χ0v) is 12.1. The number of rotatable bonds is 1. The molecule has 1 aromatic carbocycles. The number of aliphatic imine (C=N–C) groups is 1. The number of amides is 1. The van der Waals surface area contributed by atoms with Crippen molar-refractivity contribution in [3.63, 3.8) is 0 Å². The van der Waals surface area contributed by atoms with E-state index in [4.69, 9.17) is 5.73 Å². The van der Waals surface area contributed by atoms with Gasteiger partial charge in [-0.15, -0.1) is 11.3 Å². The summed E-state index contributed by atoms with van der Waals surface area (Å²) in [6, 6.07) is 9.62. The Balaban J connectivity index is 2.17. The average Bonchev–Trinajstić information content (AvgIpc) is 2.95. The van der Waals surface area contributed by atoms with Gasteiger partial charge in [0.15, 0.2) is 0 Å². The minimum absolute atomic E-state index is 0.223. The molecule has 5 heteroatoms. The van der Waals surface area contributed by atoms with E-state index in [2.05, 4.69) is 4.99 Å². The molecule has 2 N–H and O–H groups in total. The Bertz CT molecular complexity index is 693. The Hall–Kier alpha value is -1.98. The van der Waals surface area contributed by atoms with Crippen molar-refractivity contribution in [3.8, 4) is 0 Å². The Morgan fingerprint density at radius 2 is 2.15 bits per heavy atom. The first-order valence-corrected chi connectivity index (χ1v) is 7.17. The highest BCUT2D eigenvalue weighted by molar-refractivity contribution is 7.10. The highest BCUT2D eigenvalue weighted by Crippen LogP contribution is 2.32. The molecule has 2 aromatic rings. The van der Waals surface area contributed by atoms with Gasteiger partial charge >= 0.3 is 0 Å². The summed E-state index contributed by atoms with van der Waals surface area (Å²) in [4.78, 5) is 19.4. The summed E-state index contributed by atoms with van der Waals surface area (Å²) in [5.41, 5.74) is 7.82. The first-order chi connectivity index (χ1) is 9.52. The number of fused-ring (bicyclic) bond motifs is 1. The van der Waals surface area contributed by atoms with E-state index >= 15 is 0 Å². The van der Waals surface area contributed by atoms with Crippen molar-refractivity contribution in [3.05, 3.63) is 51.7 Å². The molecule has 102 valence electrons.